The maximum atomic E-state index is 12.4. The van der Waals surface area contributed by atoms with Crippen molar-refractivity contribution in [3.63, 3.8) is 0 Å². The molecule has 0 aliphatic rings. The molecule has 0 saturated heterocycles. The van der Waals surface area contributed by atoms with Crippen LogP contribution < -0.4 is 10.9 Å². The van der Waals surface area contributed by atoms with E-state index in [2.05, 4.69) is 21.1 Å². The van der Waals surface area contributed by atoms with Crippen molar-refractivity contribution in [3.05, 3.63) is 91.2 Å². The molecule has 0 unspecified atom stereocenters. The van der Waals surface area contributed by atoms with Crippen LogP contribution in [0, 0.1) is 21.4 Å². The smallest absolute Gasteiger partial charge is 0.345 e. The first kappa shape index (κ1) is 22.4. The summed E-state index contributed by atoms with van der Waals surface area (Å²) in [6, 6.07) is 13.9. The van der Waals surface area contributed by atoms with Crippen LogP contribution in [-0.4, -0.2) is 23.0 Å². The second kappa shape index (κ2) is 9.35. The number of carbonyl (C=O) groups is 1. The molecule has 0 fully saturated rings. The number of nitro benzene ring substituents is 1. The lowest BCUT2D eigenvalue weighted by Gasteiger charge is -2.03. The predicted octanol–water partition coefficient (Wildman–Crippen LogP) is 4.59. The Kier molecular flexibility index (Phi) is 6.16. The van der Waals surface area contributed by atoms with Crippen molar-refractivity contribution < 1.29 is 18.9 Å². The standard InChI is InChI=1S/C23H14N4O6S/c1-32-22(28)13-2-4-16(5-3-13)25-11-15(10-24)21-26-19(12-34-21)18-9-14-8-17(27(30)31)6-7-20(14)33-23(18)29/h2-9,11-12,25H,1H3/b15-11+. The highest BCUT2D eigenvalue weighted by molar-refractivity contribution is 7.11. The normalized spacial score (nSPS) is 11.1. The van der Waals surface area contributed by atoms with E-state index in [-0.39, 0.29) is 28.1 Å². The van der Waals surface area contributed by atoms with Gasteiger partial charge >= 0.3 is 11.6 Å². The summed E-state index contributed by atoms with van der Waals surface area (Å²) in [4.78, 5) is 38.8. The molecule has 2 aromatic heterocycles. The monoisotopic (exact) mass is 474 g/mol. The van der Waals surface area contributed by atoms with Gasteiger partial charge in [-0.2, -0.15) is 5.26 Å². The Morgan fingerprint density at radius 2 is 2.03 bits per heavy atom. The second-order valence-corrected chi connectivity index (χ2v) is 7.71. The molecule has 4 rings (SSSR count). The summed E-state index contributed by atoms with van der Waals surface area (Å²) in [5.74, 6) is -0.456. The van der Waals surface area contributed by atoms with Gasteiger partial charge in [-0.15, -0.1) is 11.3 Å². The van der Waals surface area contributed by atoms with Crippen LogP contribution in [0.4, 0.5) is 11.4 Å². The Bertz CT molecular complexity index is 1550. The molecular weight excluding hydrogens is 460 g/mol. The summed E-state index contributed by atoms with van der Waals surface area (Å²) in [5, 5.41) is 25.9. The number of carbonyl (C=O) groups excluding carboxylic acids is 1. The van der Waals surface area contributed by atoms with Crippen LogP contribution in [0.15, 0.2) is 69.3 Å². The molecule has 0 amide bonds. The van der Waals surface area contributed by atoms with Crippen LogP contribution in [0.1, 0.15) is 15.4 Å². The number of nitrogens with one attached hydrogen (secondary N) is 1. The number of nitriles is 1. The number of hydrogen-bond acceptors (Lipinski definition) is 10. The molecule has 0 spiro atoms. The average molecular weight is 474 g/mol. The Hall–Kier alpha value is -4.82. The van der Waals surface area contributed by atoms with E-state index in [9.17, 15) is 25.0 Å². The third-order valence-corrected chi connectivity index (χ3v) is 5.62. The number of non-ortho nitro benzene ring substituents is 1. The van der Waals surface area contributed by atoms with E-state index in [1.54, 1.807) is 29.6 Å². The average Bonchev–Trinajstić information content (AvgIpc) is 3.33. The lowest BCUT2D eigenvalue weighted by atomic mass is 10.1. The zero-order chi connectivity index (χ0) is 24.2. The highest BCUT2D eigenvalue weighted by atomic mass is 32.1. The summed E-state index contributed by atoms with van der Waals surface area (Å²) < 4.78 is 9.94. The highest BCUT2D eigenvalue weighted by Gasteiger charge is 2.15. The number of ether oxygens (including phenoxy) is 1. The molecule has 0 aliphatic heterocycles. The van der Waals surface area contributed by atoms with E-state index >= 15 is 0 Å². The summed E-state index contributed by atoms with van der Waals surface area (Å²) in [6.07, 6.45) is 1.46. The number of methoxy groups -OCH3 is 1. The summed E-state index contributed by atoms with van der Waals surface area (Å²) in [6.45, 7) is 0. The fourth-order valence-electron chi connectivity index (χ4n) is 3.04. The van der Waals surface area contributed by atoms with Gasteiger partial charge in [-0.05, 0) is 36.4 Å². The molecule has 1 N–H and O–H groups in total. The number of esters is 1. The van der Waals surface area contributed by atoms with Gasteiger partial charge < -0.3 is 14.5 Å². The molecule has 0 atom stereocenters. The first-order valence-corrected chi connectivity index (χ1v) is 10.5. The number of benzene rings is 2. The van der Waals surface area contributed by atoms with E-state index in [4.69, 9.17) is 4.42 Å². The molecule has 0 saturated carbocycles. The van der Waals surface area contributed by atoms with Gasteiger partial charge in [0.15, 0.2) is 0 Å². The summed E-state index contributed by atoms with van der Waals surface area (Å²) in [5.41, 5.74) is 1.08. The van der Waals surface area contributed by atoms with E-state index in [0.29, 0.717) is 21.6 Å². The number of rotatable bonds is 6. The Balaban J connectivity index is 1.61. The lowest BCUT2D eigenvalue weighted by molar-refractivity contribution is -0.384. The van der Waals surface area contributed by atoms with Crippen LogP contribution in [0.25, 0.3) is 27.8 Å². The van der Waals surface area contributed by atoms with E-state index in [0.717, 1.165) is 11.3 Å². The molecule has 2 heterocycles. The maximum absolute atomic E-state index is 12.4. The van der Waals surface area contributed by atoms with Gasteiger partial charge in [0.2, 0.25) is 0 Å². The summed E-state index contributed by atoms with van der Waals surface area (Å²) >= 11 is 1.15. The minimum Gasteiger partial charge on any atom is -0.465 e. The van der Waals surface area contributed by atoms with Crippen molar-refractivity contribution in [3.8, 4) is 17.3 Å². The number of aromatic nitrogens is 1. The molecule has 168 valence electrons. The molecule has 2 aromatic carbocycles. The molecule has 10 nitrogen and oxygen atoms in total. The van der Waals surface area contributed by atoms with Crippen molar-refractivity contribution in [1.82, 2.24) is 4.98 Å². The Morgan fingerprint density at radius 1 is 1.26 bits per heavy atom. The van der Waals surface area contributed by atoms with Crippen molar-refractivity contribution in [1.29, 1.82) is 5.26 Å². The Morgan fingerprint density at radius 3 is 2.71 bits per heavy atom. The topological polar surface area (TPSA) is 148 Å². The number of allylic oxidation sites excluding steroid dienone is 1. The van der Waals surface area contributed by atoms with E-state index in [1.807, 2.05) is 0 Å². The van der Waals surface area contributed by atoms with E-state index < -0.39 is 16.5 Å². The fourth-order valence-corrected chi connectivity index (χ4v) is 3.83. The SMILES string of the molecule is COC(=O)c1ccc(N/C=C(\C#N)c2nc(-c3cc4cc([N+](=O)[O-])ccc4oc3=O)cs2)cc1. The van der Waals surface area contributed by atoms with Crippen LogP contribution in [0.3, 0.4) is 0 Å². The molecule has 34 heavy (non-hydrogen) atoms. The number of nitro groups is 1. The zero-order valence-electron chi connectivity index (χ0n) is 17.5. The van der Waals surface area contributed by atoms with Crippen molar-refractivity contribution >= 4 is 45.2 Å². The predicted molar refractivity (Wildman–Crippen MR) is 125 cm³/mol. The van der Waals surface area contributed by atoms with Gasteiger partial charge in [0, 0.05) is 34.8 Å². The molecular formula is C23H14N4O6S. The molecule has 11 heteroatoms. The molecule has 0 radical (unpaired) electrons. The van der Waals surface area contributed by atoms with Crippen molar-refractivity contribution in [2.45, 2.75) is 0 Å². The first-order valence-electron chi connectivity index (χ1n) is 9.63. The quantitative estimate of drug-likeness (QED) is 0.139. The zero-order valence-corrected chi connectivity index (χ0v) is 18.3. The number of thiazole rings is 1. The van der Waals surface area contributed by atoms with Crippen LogP contribution in [0.5, 0.6) is 0 Å². The first-order chi connectivity index (χ1) is 16.4. The van der Waals surface area contributed by atoms with Crippen LogP contribution in [0.2, 0.25) is 0 Å². The Labute approximate surface area is 195 Å². The number of hydrogen-bond donors (Lipinski definition) is 1. The van der Waals surface area contributed by atoms with Gasteiger partial charge in [-0.25, -0.2) is 14.6 Å². The highest BCUT2D eigenvalue weighted by Crippen LogP contribution is 2.28. The van der Waals surface area contributed by atoms with E-state index in [1.165, 1.54) is 37.6 Å². The fraction of sp³-hybridized carbons (Fsp3) is 0.0435. The van der Waals surface area contributed by atoms with Crippen molar-refractivity contribution in [2.24, 2.45) is 0 Å². The number of anilines is 1. The second-order valence-electron chi connectivity index (χ2n) is 6.85. The van der Waals surface area contributed by atoms with Gasteiger partial charge in [0.05, 0.1) is 28.9 Å². The molecule has 0 aliphatic carbocycles. The summed E-state index contributed by atoms with van der Waals surface area (Å²) in [7, 11) is 1.30. The third-order valence-electron chi connectivity index (χ3n) is 4.75. The van der Waals surface area contributed by atoms with Crippen molar-refractivity contribution in [2.75, 3.05) is 12.4 Å². The van der Waals surface area contributed by atoms with Gasteiger partial charge in [-0.3, -0.25) is 10.1 Å². The number of fused-ring (bicyclic) bond motifs is 1. The van der Waals surface area contributed by atoms with Crippen LogP contribution >= 0.6 is 11.3 Å². The largest absolute Gasteiger partial charge is 0.465 e. The lowest BCUT2D eigenvalue weighted by Crippen LogP contribution is -2.03. The maximum Gasteiger partial charge on any atom is 0.345 e. The third kappa shape index (κ3) is 4.52. The number of nitrogens with zero attached hydrogens (tertiary/aromatic N) is 3. The van der Waals surface area contributed by atoms with Gasteiger partial charge in [0.25, 0.3) is 5.69 Å². The minimum absolute atomic E-state index is 0.124. The minimum atomic E-state index is -0.649. The van der Waals surface area contributed by atoms with Crippen LogP contribution in [-0.2, 0) is 4.74 Å². The van der Waals surface area contributed by atoms with Gasteiger partial charge in [0.1, 0.15) is 22.2 Å². The molecule has 0 bridgehead atoms. The molecule has 4 aromatic rings. The van der Waals surface area contributed by atoms with Gasteiger partial charge in [-0.1, -0.05) is 0 Å².